The zero-order valence-corrected chi connectivity index (χ0v) is 9.00. The lowest BCUT2D eigenvalue weighted by molar-refractivity contribution is -0.142. The molecule has 4 N–H and O–H groups in total. The normalized spacial score (nSPS) is 15.8. The Morgan fingerprint density at radius 2 is 1.79 bits per heavy atom. The predicted octanol–water partition coefficient (Wildman–Crippen LogP) is -0.0509. The van der Waals surface area contributed by atoms with Crippen LogP contribution in [-0.2, 0) is 9.59 Å². The van der Waals surface area contributed by atoms with Gasteiger partial charge < -0.3 is 16.2 Å². The largest absolute Gasteiger partial charge is 0.481 e. The number of carbonyl (C=O) groups is 2. The van der Waals surface area contributed by atoms with E-state index in [2.05, 4.69) is 5.32 Å². The van der Waals surface area contributed by atoms with Gasteiger partial charge in [-0.1, -0.05) is 0 Å². The summed E-state index contributed by atoms with van der Waals surface area (Å²) < 4.78 is 0. The maximum Gasteiger partial charge on any atom is 0.308 e. The van der Waals surface area contributed by atoms with Gasteiger partial charge >= 0.3 is 5.97 Å². The number of hydrogen-bond donors (Lipinski definition) is 3. The molecule has 0 spiro atoms. The van der Waals surface area contributed by atoms with Crippen molar-refractivity contribution in [2.24, 2.45) is 11.7 Å². The first-order chi connectivity index (χ1) is 6.16. The van der Waals surface area contributed by atoms with Gasteiger partial charge in [0.05, 0.1) is 11.5 Å². The average molecular weight is 202 g/mol. The summed E-state index contributed by atoms with van der Waals surface area (Å²) in [7, 11) is 0. The van der Waals surface area contributed by atoms with E-state index in [1.807, 2.05) is 0 Å². The van der Waals surface area contributed by atoms with Crippen molar-refractivity contribution in [3.8, 4) is 0 Å². The Labute approximate surface area is 83.7 Å². The first kappa shape index (κ1) is 12.9. The summed E-state index contributed by atoms with van der Waals surface area (Å²) in [5, 5.41) is 11.2. The van der Waals surface area contributed by atoms with Gasteiger partial charge in [0.1, 0.15) is 0 Å². The van der Waals surface area contributed by atoms with Crippen molar-refractivity contribution in [1.82, 2.24) is 5.32 Å². The molecule has 0 saturated carbocycles. The zero-order valence-electron chi connectivity index (χ0n) is 9.00. The predicted molar refractivity (Wildman–Crippen MR) is 52.7 cm³/mol. The smallest absolute Gasteiger partial charge is 0.308 e. The number of nitrogens with one attached hydrogen (secondary N) is 1. The lowest BCUT2D eigenvalue weighted by Gasteiger charge is -2.23. The Morgan fingerprint density at radius 3 is 2.07 bits per heavy atom. The summed E-state index contributed by atoms with van der Waals surface area (Å²) in [6.45, 7) is 6.32. The first-order valence-corrected chi connectivity index (χ1v) is 4.49. The Morgan fingerprint density at radius 1 is 1.36 bits per heavy atom. The van der Waals surface area contributed by atoms with Gasteiger partial charge in [-0.05, 0) is 27.7 Å². The van der Waals surface area contributed by atoms with Gasteiger partial charge in [-0.3, -0.25) is 9.59 Å². The molecule has 2 unspecified atom stereocenters. The fraction of sp³-hybridized carbons (Fsp3) is 0.778. The highest BCUT2D eigenvalue weighted by Crippen LogP contribution is 2.04. The second-order valence-electron chi connectivity index (χ2n) is 4.11. The second kappa shape index (κ2) is 4.41. The van der Waals surface area contributed by atoms with Crippen LogP contribution < -0.4 is 11.1 Å². The van der Waals surface area contributed by atoms with Crippen LogP contribution >= 0.6 is 0 Å². The van der Waals surface area contributed by atoms with Gasteiger partial charge in [-0.25, -0.2) is 0 Å². The van der Waals surface area contributed by atoms with Gasteiger partial charge in [0, 0.05) is 6.04 Å². The van der Waals surface area contributed by atoms with Crippen LogP contribution in [0.5, 0.6) is 0 Å². The Bertz CT molecular complexity index is 233. The number of aliphatic carboxylic acids is 1. The highest BCUT2D eigenvalue weighted by Gasteiger charge is 2.27. The first-order valence-electron chi connectivity index (χ1n) is 4.49. The third kappa shape index (κ3) is 3.74. The fourth-order valence-corrected chi connectivity index (χ4v) is 0.732. The summed E-state index contributed by atoms with van der Waals surface area (Å²) in [6, 6.07) is -0.428. The summed E-state index contributed by atoms with van der Waals surface area (Å²) >= 11 is 0. The quantitative estimate of drug-likeness (QED) is 0.596. The summed E-state index contributed by atoms with van der Waals surface area (Å²) in [5.74, 6) is -1.91. The minimum Gasteiger partial charge on any atom is -0.481 e. The molecule has 0 bridgehead atoms. The van der Waals surface area contributed by atoms with Crippen LogP contribution in [0.2, 0.25) is 0 Å². The van der Waals surface area contributed by atoms with E-state index in [0.29, 0.717) is 0 Å². The Hall–Kier alpha value is -1.10. The van der Waals surface area contributed by atoms with Crippen molar-refractivity contribution in [1.29, 1.82) is 0 Å². The van der Waals surface area contributed by atoms with E-state index in [9.17, 15) is 9.59 Å². The molecule has 0 heterocycles. The highest BCUT2D eigenvalue weighted by atomic mass is 16.4. The third-order valence-electron chi connectivity index (χ3n) is 2.08. The molecule has 0 saturated heterocycles. The molecular weight excluding hydrogens is 184 g/mol. The number of amides is 1. The van der Waals surface area contributed by atoms with E-state index in [4.69, 9.17) is 10.8 Å². The average Bonchev–Trinajstić information content (AvgIpc) is 2.00. The van der Waals surface area contributed by atoms with Crippen molar-refractivity contribution in [2.45, 2.75) is 39.3 Å². The van der Waals surface area contributed by atoms with Gasteiger partial charge in [0.25, 0.3) is 0 Å². The van der Waals surface area contributed by atoms with Crippen LogP contribution in [0, 0.1) is 5.92 Å². The summed E-state index contributed by atoms with van der Waals surface area (Å²) in [4.78, 5) is 22.0. The molecule has 0 aliphatic carbocycles. The van der Waals surface area contributed by atoms with Crippen LogP contribution in [0.3, 0.4) is 0 Å². The van der Waals surface area contributed by atoms with Gasteiger partial charge in [-0.2, -0.15) is 0 Å². The number of carboxylic acid groups (broad SMARTS) is 1. The van der Waals surface area contributed by atoms with E-state index < -0.39 is 23.5 Å². The van der Waals surface area contributed by atoms with Crippen LogP contribution in [0.25, 0.3) is 0 Å². The molecule has 0 aliphatic rings. The number of nitrogens with two attached hydrogens (primary N) is 1. The van der Waals surface area contributed by atoms with Crippen molar-refractivity contribution >= 4 is 11.9 Å². The van der Waals surface area contributed by atoms with Crippen LogP contribution in [0.1, 0.15) is 27.7 Å². The van der Waals surface area contributed by atoms with Crippen molar-refractivity contribution in [3.05, 3.63) is 0 Å². The molecule has 0 radical (unpaired) electrons. The topological polar surface area (TPSA) is 92.4 Å². The molecule has 14 heavy (non-hydrogen) atoms. The third-order valence-corrected chi connectivity index (χ3v) is 2.08. The highest BCUT2D eigenvalue weighted by molar-refractivity contribution is 5.85. The van der Waals surface area contributed by atoms with Crippen molar-refractivity contribution in [2.75, 3.05) is 0 Å². The zero-order chi connectivity index (χ0) is 11.5. The molecule has 1 amide bonds. The molecule has 2 atom stereocenters. The van der Waals surface area contributed by atoms with Crippen molar-refractivity contribution in [3.63, 3.8) is 0 Å². The molecule has 5 heteroatoms. The molecule has 0 aliphatic heterocycles. The van der Waals surface area contributed by atoms with E-state index in [-0.39, 0.29) is 5.91 Å². The Balaban J connectivity index is 4.27. The molecule has 82 valence electrons. The number of rotatable bonds is 4. The molecule has 0 rings (SSSR count). The molecule has 0 aromatic rings. The maximum absolute atomic E-state index is 11.4. The minimum atomic E-state index is -0.980. The van der Waals surface area contributed by atoms with E-state index in [0.717, 1.165) is 0 Å². The van der Waals surface area contributed by atoms with Crippen molar-refractivity contribution < 1.29 is 14.7 Å². The lowest BCUT2D eigenvalue weighted by Crippen LogP contribution is -2.53. The monoisotopic (exact) mass is 202 g/mol. The molecule has 0 aromatic carbocycles. The van der Waals surface area contributed by atoms with Crippen LogP contribution in [-0.4, -0.2) is 28.6 Å². The standard InChI is InChI=1S/C9H18N2O3/c1-5(7(12)13)6(2)11-8(14)9(3,4)10/h5-6H,10H2,1-4H3,(H,11,14)(H,12,13). The number of carbonyl (C=O) groups excluding carboxylic acids is 1. The van der Waals surface area contributed by atoms with E-state index >= 15 is 0 Å². The van der Waals surface area contributed by atoms with Gasteiger partial charge in [0.15, 0.2) is 0 Å². The van der Waals surface area contributed by atoms with Gasteiger partial charge in [0.2, 0.25) is 5.91 Å². The van der Waals surface area contributed by atoms with Gasteiger partial charge in [-0.15, -0.1) is 0 Å². The maximum atomic E-state index is 11.4. The van der Waals surface area contributed by atoms with Crippen LogP contribution in [0.15, 0.2) is 0 Å². The summed E-state index contributed by atoms with van der Waals surface area (Å²) in [6.07, 6.45) is 0. The molecular formula is C9H18N2O3. The summed E-state index contributed by atoms with van der Waals surface area (Å²) in [5.41, 5.74) is 4.56. The SMILES string of the molecule is CC(NC(=O)C(C)(C)N)C(C)C(=O)O. The number of carboxylic acids is 1. The molecule has 0 aromatic heterocycles. The fourth-order valence-electron chi connectivity index (χ4n) is 0.732. The minimum absolute atomic E-state index is 0.349. The number of hydrogen-bond acceptors (Lipinski definition) is 3. The van der Waals surface area contributed by atoms with Crippen LogP contribution in [0.4, 0.5) is 0 Å². The Kier molecular flexibility index (Phi) is 4.07. The van der Waals surface area contributed by atoms with E-state index in [1.165, 1.54) is 6.92 Å². The lowest BCUT2D eigenvalue weighted by atomic mass is 10.0. The molecule has 5 nitrogen and oxygen atoms in total. The van der Waals surface area contributed by atoms with E-state index in [1.54, 1.807) is 20.8 Å². The molecule has 0 fully saturated rings. The second-order valence-corrected chi connectivity index (χ2v) is 4.11.